The van der Waals surface area contributed by atoms with E-state index in [0.717, 1.165) is 23.4 Å². The van der Waals surface area contributed by atoms with Gasteiger partial charge in [0.1, 0.15) is 12.1 Å². The molecule has 0 fully saturated rings. The van der Waals surface area contributed by atoms with Crippen molar-refractivity contribution in [2.45, 2.75) is 12.7 Å². The summed E-state index contributed by atoms with van der Waals surface area (Å²) in [6, 6.07) is 16.6. The maximum atomic E-state index is 12.7. The average molecular weight is 329 g/mol. The van der Waals surface area contributed by atoms with E-state index in [1.807, 2.05) is 30.3 Å². The number of anilines is 1. The Labute approximate surface area is 137 Å². The summed E-state index contributed by atoms with van der Waals surface area (Å²) in [7, 11) is 0. The number of nitrogens with one attached hydrogen (secondary N) is 1. The Morgan fingerprint density at radius 2 is 1.67 bits per heavy atom. The molecule has 0 saturated heterocycles. The van der Waals surface area contributed by atoms with Crippen LogP contribution in [-0.4, -0.2) is 9.97 Å². The topological polar surface area (TPSA) is 37.8 Å². The van der Waals surface area contributed by atoms with E-state index in [4.69, 9.17) is 0 Å². The zero-order valence-electron chi connectivity index (χ0n) is 12.6. The van der Waals surface area contributed by atoms with Gasteiger partial charge in [0, 0.05) is 18.2 Å². The second-order valence-corrected chi connectivity index (χ2v) is 5.21. The van der Waals surface area contributed by atoms with Crippen molar-refractivity contribution in [2.75, 3.05) is 5.32 Å². The zero-order valence-corrected chi connectivity index (χ0v) is 12.6. The highest BCUT2D eigenvalue weighted by Crippen LogP contribution is 2.29. The van der Waals surface area contributed by atoms with Gasteiger partial charge in [0.05, 0.1) is 11.3 Å². The molecule has 3 nitrogen and oxygen atoms in total. The van der Waals surface area contributed by atoms with E-state index in [2.05, 4.69) is 15.3 Å². The first-order chi connectivity index (χ1) is 11.5. The van der Waals surface area contributed by atoms with E-state index in [1.54, 1.807) is 12.1 Å². The normalized spacial score (nSPS) is 11.3. The molecule has 0 radical (unpaired) electrons. The highest BCUT2D eigenvalue weighted by atomic mass is 19.4. The standard InChI is InChI=1S/C18H14F3N3/c19-18(20,21)15-8-4-5-13(9-15)11-22-17-10-16(23-12-24-17)14-6-2-1-3-7-14/h1-10,12H,11H2,(H,22,23,24). The first kappa shape index (κ1) is 16.0. The maximum absolute atomic E-state index is 12.7. The molecule has 1 N–H and O–H groups in total. The Morgan fingerprint density at radius 3 is 2.42 bits per heavy atom. The van der Waals surface area contributed by atoms with Crippen LogP contribution in [0.5, 0.6) is 0 Å². The summed E-state index contributed by atoms with van der Waals surface area (Å²) in [5.74, 6) is 0.557. The van der Waals surface area contributed by atoms with Crippen molar-refractivity contribution >= 4 is 5.82 Å². The minimum atomic E-state index is -4.34. The summed E-state index contributed by atoms with van der Waals surface area (Å²) in [6.45, 7) is 0.245. The lowest BCUT2D eigenvalue weighted by atomic mass is 10.1. The Bertz CT molecular complexity index is 817. The Hall–Kier alpha value is -2.89. The fourth-order valence-corrected chi connectivity index (χ4v) is 2.27. The summed E-state index contributed by atoms with van der Waals surface area (Å²) in [4.78, 5) is 8.32. The Kier molecular flexibility index (Phi) is 4.46. The van der Waals surface area contributed by atoms with Crippen LogP contribution >= 0.6 is 0 Å². The average Bonchev–Trinajstić information content (AvgIpc) is 2.61. The number of halogens is 3. The molecule has 24 heavy (non-hydrogen) atoms. The summed E-state index contributed by atoms with van der Waals surface area (Å²) in [6.07, 6.45) is -2.91. The first-order valence-electron chi connectivity index (χ1n) is 7.30. The van der Waals surface area contributed by atoms with E-state index in [9.17, 15) is 13.2 Å². The highest BCUT2D eigenvalue weighted by molar-refractivity contribution is 5.61. The van der Waals surface area contributed by atoms with Crippen molar-refractivity contribution in [1.82, 2.24) is 9.97 Å². The molecular weight excluding hydrogens is 315 g/mol. The van der Waals surface area contributed by atoms with E-state index >= 15 is 0 Å². The Balaban J connectivity index is 1.74. The summed E-state index contributed by atoms with van der Waals surface area (Å²) >= 11 is 0. The smallest absolute Gasteiger partial charge is 0.366 e. The number of rotatable bonds is 4. The molecule has 0 amide bonds. The number of alkyl halides is 3. The van der Waals surface area contributed by atoms with Crippen LogP contribution in [0.2, 0.25) is 0 Å². The van der Waals surface area contributed by atoms with Crippen LogP contribution < -0.4 is 5.32 Å². The van der Waals surface area contributed by atoms with Crippen molar-refractivity contribution in [3.63, 3.8) is 0 Å². The van der Waals surface area contributed by atoms with E-state index in [1.165, 1.54) is 12.4 Å². The maximum Gasteiger partial charge on any atom is 0.416 e. The molecule has 0 aliphatic heterocycles. The van der Waals surface area contributed by atoms with Crippen molar-refractivity contribution in [3.8, 4) is 11.3 Å². The van der Waals surface area contributed by atoms with Gasteiger partial charge in [0.2, 0.25) is 0 Å². The lowest BCUT2D eigenvalue weighted by molar-refractivity contribution is -0.137. The van der Waals surface area contributed by atoms with Gasteiger partial charge >= 0.3 is 6.18 Å². The van der Waals surface area contributed by atoms with Crippen LogP contribution in [0.3, 0.4) is 0 Å². The van der Waals surface area contributed by atoms with Crippen LogP contribution in [0, 0.1) is 0 Å². The largest absolute Gasteiger partial charge is 0.416 e. The molecule has 1 aromatic heterocycles. The van der Waals surface area contributed by atoms with Gasteiger partial charge < -0.3 is 5.32 Å². The third-order valence-corrected chi connectivity index (χ3v) is 3.46. The van der Waals surface area contributed by atoms with Crippen LogP contribution in [-0.2, 0) is 12.7 Å². The van der Waals surface area contributed by atoms with Gasteiger partial charge in [-0.05, 0) is 17.7 Å². The van der Waals surface area contributed by atoms with Crippen LogP contribution in [0.4, 0.5) is 19.0 Å². The van der Waals surface area contributed by atoms with Gasteiger partial charge in [-0.3, -0.25) is 0 Å². The number of benzene rings is 2. The SMILES string of the molecule is FC(F)(F)c1cccc(CNc2cc(-c3ccccc3)ncn2)c1. The number of hydrogen-bond acceptors (Lipinski definition) is 3. The number of aromatic nitrogens is 2. The Morgan fingerprint density at radius 1 is 0.875 bits per heavy atom. The van der Waals surface area contributed by atoms with Crippen LogP contribution in [0.1, 0.15) is 11.1 Å². The summed E-state index contributed by atoms with van der Waals surface area (Å²) in [5.41, 5.74) is 1.57. The van der Waals surface area contributed by atoms with E-state index < -0.39 is 11.7 Å². The molecule has 6 heteroatoms. The molecule has 0 bridgehead atoms. The van der Waals surface area contributed by atoms with Gasteiger partial charge in [0.25, 0.3) is 0 Å². The molecular formula is C18H14F3N3. The van der Waals surface area contributed by atoms with Crippen molar-refractivity contribution in [2.24, 2.45) is 0 Å². The molecule has 2 aromatic carbocycles. The molecule has 0 spiro atoms. The number of nitrogens with zero attached hydrogens (tertiary/aromatic N) is 2. The van der Waals surface area contributed by atoms with E-state index in [-0.39, 0.29) is 6.54 Å². The second kappa shape index (κ2) is 6.70. The zero-order chi connectivity index (χ0) is 17.0. The van der Waals surface area contributed by atoms with Gasteiger partial charge in [-0.1, -0.05) is 42.5 Å². The molecule has 0 saturated carbocycles. The van der Waals surface area contributed by atoms with Gasteiger partial charge in [-0.2, -0.15) is 13.2 Å². The van der Waals surface area contributed by atoms with E-state index in [0.29, 0.717) is 11.4 Å². The monoisotopic (exact) mass is 329 g/mol. The molecule has 1 heterocycles. The number of hydrogen-bond donors (Lipinski definition) is 1. The highest BCUT2D eigenvalue weighted by Gasteiger charge is 2.30. The minimum absolute atomic E-state index is 0.245. The molecule has 0 unspecified atom stereocenters. The van der Waals surface area contributed by atoms with Gasteiger partial charge in [-0.25, -0.2) is 9.97 Å². The van der Waals surface area contributed by atoms with Crippen molar-refractivity contribution < 1.29 is 13.2 Å². The minimum Gasteiger partial charge on any atom is -0.366 e. The fourth-order valence-electron chi connectivity index (χ4n) is 2.27. The fraction of sp³-hybridized carbons (Fsp3) is 0.111. The third kappa shape index (κ3) is 3.90. The quantitative estimate of drug-likeness (QED) is 0.749. The molecule has 0 atom stereocenters. The van der Waals surface area contributed by atoms with Crippen LogP contribution in [0.25, 0.3) is 11.3 Å². The summed E-state index contributed by atoms with van der Waals surface area (Å²) in [5, 5.41) is 3.03. The van der Waals surface area contributed by atoms with Gasteiger partial charge in [0.15, 0.2) is 0 Å². The van der Waals surface area contributed by atoms with Crippen LogP contribution in [0.15, 0.2) is 67.0 Å². The lowest BCUT2D eigenvalue weighted by Gasteiger charge is -2.10. The third-order valence-electron chi connectivity index (χ3n) is 3.46. The van der Waals surface area contributed by atoms with Crippen molar-refractivity contribution in [1.29, 1.82) is 0 Å². The molecule has 3 rings (SSSR count). The lowest BCUT2D eigenvalue weighted by Crippen LogP contribution is -2.07. The second-order valence-electron chi connectivity index (χ2n) is 5.21. The molecule has 3 aromatic rings. The molecule has 122 valence electrons. The molecule has 0 aliphatic carbocycles. The predicted octanol–water partition coefficient (Wildman–Crippen LogP) is 4.77. The first-order valence-corrected chi connectivity index (χ1v) is 7.30. The predicted molar refractivity (Wildman–Crippen MR) is 86.2 cm³/mol. The van der Waals surface area contributed by atoms with Gasteiger partial charge in [-0.15, -0.1) is 0 Å². The van der Waals surface area contributed by atoms with Crippen molar-refractivity contribution in [3.05, 3.63) is 78.1 Å². The molecule has 0 aliphatic rings. The summed E-state index contributed by atoms with van der Waals surface area (Å²) < 4.78 is 38.2.